The van der Waals surface area contributed by atoms with Gasteiger partial charge in [0.15, 0.2) is 0 Å². The zero-order valence-corrected chi connectivity index (χ0v) is 16.9. The van der Waals surface area contributed by atoms with Gasteiger partial charge in [-0.2, -0.15) is 0 Å². The maximum Gasteiger partial charge on any atom is 0.225 e. The molecule has 0 radical (unpaired) electrons. The SMILES string of the molecule is CC(C)Sc1ccc(CC(=O)NCC2CCN(c3ncccn3)CC2)cc1. The van der Waals surface area contributed by atoms with Crippen molar-refractivity contribution in [1.29, 1.82) is 0 Å². The minimum atomic E-state index is 0.105. The zero-order valence-electron chi connectivity index (χ0n) is 16.1. The number of anilines is 1. The van der Waals surface area contributed by atoms with Gasteiger partial charge in [-0.05, 0) is 42.5 Å². The van der Waals surface area contributed by atoms with Gasteiger partial charge in [0.05, 0.1) is 6.42 Å². The molecule has 2 heterocycles. The highest BCUT2D eigenvalue weighted by Gasteiger charge is 2.21. The van der Waals surface area contributed by atoms with E-state index in [1.807, 2.05) is 17.8 Å². The van der Waals surface area contributed by atoms with Crippen molar-refractivity contribution in [2.45, 2.75) is 43.3 Å². The lowest BCUT2D eigenvalue weighted by Crippen LogP contribution is -2.39. The molecular weight excluding hydrogens is 356 g/mol. The quantitative estimate of drug-likeness (QED) is 0.740. The lowest BCUT2D eigenvalue weighted by molar-refractivity contribution is -0.120. The van der Waals surface area contributed by atoms with Crippen LogP contribution in [0.2, 0.25) is 0 Å². The van der Waals surface area contributed by atoms with Crippen LogP contribution >= 0.6 is 11.8 Å². The van der Waals surface area contributed by atoms with Gasteiger partial charge in [-0.1, -0.05) is 26.0 Å². The third kappa shape index (κ3) is 6.24. The van der Waals surface area contributed by atoms with Crippen LogP contribution in [0.3, 0.4) is 0 Å². The summed E-state index contributed by atoms with van der Waals surface area (Å²) >= 11 is 1.84. The molecule has 1 aliphatic heterocycles. The molecule has 1 fully saturated rings. The Morgan fingerprint density at radius 3 is 2.48 bits per heavy atom. The normalized spacial score (nSPS) is 15.1. The van der Waals surface area contributed by atoms with Crippen LogP contribution in [0.25, 0.3) is 0 Å². The summed E-state index contributed by atoms with van der Waals surface area (Å²) in [6.45, 7) is 7.01. The second-order valence-electron chi connectivity index (χ2n) is 7.27. The molecule has 1 amide bonds. The third-order valence-electron chi connectivity index (χ3n) is 4.70. The highest BCUT2D eigenvalue weighted by molar-refractivity contribution is 7.99. The second kappa shape index (κ2) is 9.74. The van der Waals surface area contributed by atoms with E-state index in [1.165, 1.54) is 4.90 Å². The predicted molar refractivity (Wildman–Crippen MR) is 111 cm³/mol. The van der Waals surface area contributed by atoms with Crippen LogP contribution in [0.15, 0.2) is 47.6 Å². The highest BCUT2D eigenvalue weighted by Crippen LogP contribution is 2.23. The molecule has 1 N–H and O–H groups in total. The van der Waals surface area contributed by atoms with Crippen molar-refractivity contribution in [3.05, 3.63) is 48.3 Å². The number of aromatic nitrogens is 2. The maximum atomic E-state index is 12.3. The largest absolute Gasteiger partial charge is 0.356 e. The molecule has 0 saturated carbocycles. The molecule has 1 aromatic heterocycles. The van der Waals surface area contributed by atoms with Gasteiger partial charge >= 0.3 is 0 Å². The Morgan fingerprint density at radius 1 is 1.19 bits per heavy atom. The van der Waals surface area contributed by atoms with Gasteiger partial charge in [-0.25, -0.2) is 9.97 Å². The first-order valence-electron chi connectivity index (χ1n) is 9.64. The third-order valence-corrected chi connectivity index (χ3v) is 5.71. The number of hydrogen-bond donors (Lipinski definition) is 1. The number of piperidine rings is 1. The summed E-state index contributed by atoms with van der Waals surface area (Å²) in [4.78, 5) is 24.4. The van der Waals surface area contributed by atoms with Crippen molar-refractivity contribution in [2.75, 3.05) is 24.5 Å². The number of carbonyl (C=O) groups is 1. The Hall–Kier alpha value is -2.08. The number of rotatable bonds is 7. The molecular formula is C21H28N4OS. The monoisotopic (exact) mass is 384 g/mol. The van der Waals surface area contributed by atoms with Gasteiger partial charge < -0.3 is 10.2 Å². The Kier molecular flexibility index (Phi) is 7.10. The van der Waals surface area contributed by atoms with Gasteiger partial charge in [-0.15, -0.1) is 11.8 Å². The molecule has 5 nitrogen and oxygen atoms in total. The Morgan fingerprint density at radius 2 is 1.85 bits per heavy atom. The Labute approximate surface area is 166 Å². The average Bonchev–Trinajstić information content (AvgIpc) is 2.69. The molecule has 1 saturated heterocycles. The smallest absolute Gasteiger partial charge is 0.225 e. The van der Waals surface area contributed by atoms with Crippen LogP contribution < -0.4 is 10.2 Å². The predicted octanol–water partition coefficient (Wildman–Crippen LogP) is 3.55. The van der Waals surface area contributed by atoms with E-state index in [-0.39, 0.29) is 5.91 Å². The number of thioether (sulfide) groups is 1. The summed E-state index contributed by atoms with van der Waals surface area (Å²) in [5.74, 6) is 1.44. The molecule has 2 aromatic rings. The lowest BCUT2D eigenvalue weighted by atomic mass is 9.97. The first-order chi connectivity index (χ1) is 13.1. The number of hydrogen-bond acceptors (Lipinski definition) is 5. The van der Waals surface area contributed by atoms with Crippen molar-refractivity contribution >= 4 is 23.6 Å². The van der Waals surface area contributed by atoms with Crippen LogP contribution in [-0.4, -0.2) is 40.8 Å². The van der Waals surface area contributed by atoms with Crippen molar-refractivity contribution in [1.82, 2.24) is 15.3 Å². The van der Waals surface area contributed by atoms with Crippen molar-refractivity contribution < 1.29 is 4.79 Å². The molecule has 3 rings (SSSR count). The van der Waals surface area contributed by atoms with E-state index in [9.17, 15) is 4.79 Å². The molecule has 0 spiro atoms. The van der Waals surface area contributed by atoms with Crippen LogP contribution in [0, 0.1) is 5.92 Å². The van der Waals surface area contributed by atoms with E-state index < -0.39 is 0 Å². The number of carbonyl (C=O) groups excluding carboxylic acids is 1. The number of nitrogens with one attached hydrogen (secondary N) is 1. The first kappa shape index (κ1) is 19.7. The maximum absolute atomic E-state index is 12.3. The summed E-state index contributed by atoms with van der Waals surface area (Å²) in [5.41, 5.74) is 1.07. The lowest BCUT2D eigenvalue weighted by Gasteiger charge is -2.31. The van der Waals surface area contributed by atoms with Crippen LogP contribution in [0.1, 0.15) is 32.3 Å². The van der Waals surface area contributed by atoms with Crippen molar-refractivity contribution in [3.63, 3.8) is 0 Å². The van der Waals surface area contributed by atoms with Gasteiger partial charge in [-0.3, -0.25) is 4.79 Å². The van der Waals surface area contributed by atoms with E-state index in [4.69, 9.17) is 0 Å². The molecule has 0 bridgehead atoms. The summed E-state index contributed by atoms with van der Waals surface area (Å²) in [6.07, 6.45) is 6.12. The molecule has 1 aromatic carbocycles. The van der Waals surface area contributed by atoms with E-state index in [2.05, 4.69) is 58.3 Å². The summed E-state index contributed by atoms with van der Waals surface area (Å²) in [5, 5.41) is 3.68. The molecule has 6 heteroatoms. The fourth-order valence-corrected chi connectivity index (χ4v) is 4.09. The van der Waals surface area contributed by atoms with Gasteiger partial charge in [0.2, 0.25) is 11.9 Å². The van der Waals surface area contributed by atoms with E-state index in [0.29, 0.717) is 17.6 Å². The van der Waals surface area contributed by atoms with Crippen molar-refractivity contribution in [3.8, 4) is 0 Å². The summed E-state index contributed by atoms with van der Waals surface area (Å²) < 4.78 is 0. The topological polar surface area (TPSA) is 58.1 Å². The minimum Gasteiger partial charge on any atom is -0.356 e. The minimum absolute atomic E-state index is 0.105. The highest BCUT2D eigenvalue weighted by atomic mass is 32.2. The molecule has 0 aliphatic carbocycles. The Bertz CT molecular complexity index is 713. The molecule has 0 unspecified atom stereocenters. The number of benzene rings is 1. The fourth-order valence-electron chi connectivity index (χ4n) is 3.26. The number of amides is 1. The van der Waals surface area contributed by atoms with Gasteiger partial charge in [0, 0.05) is 42.2 Å². The van der Waals surface area contributed by atoms with Gasteiger partial charge in [0.1, 0.15) is 0 Å². The average molecular weight is 385 g/mol. The van der Waals surface area contributed by atoms with E-state index in [0.717, 1.165) is 44.0 Å². The molecule has 144 valence electrons. The molecule has 0 atom stereocenters. The standard InChI is InChI=1S/C21H28N4OS/c1-16(2)27-19-6-4-17(5-7-19)14-20(26)24-15-18-8-12-25(13-9-18)21-22-10-3-11-23-21/h3-7,10-11,16,18H,8-9,12-15H2,1-2H3,(H,24,26). The van der Waals surface area contributed by atoms with Crippen LogP contribution in [-0.2, 0) is 11.2 Å². The Balaban J connectivity index is 1.38. The number of nitrogens with zero attached hydrogens (tertiary/aromatic N) is 3. The zero-order chi connectivity index (χ0) is 19.1. The first-order valence-corrected chi connectivity index (χ1v) is 10.5. The fraction of sp³-hybridized carbons (Fsp3) is 0.476. The van der Waals surface area contributed by atoms with Crippen LogP contribution in [0.4, 0.5) is 5.95 Å². The second-order valence-corrected chi connectivity index (χ2v) is 8.92. The van der Waals surface area contributed by atoms with E-state index >= 15 is 0 Å². The molecule has 27 heavy (non-hydrogen) atoms. The van der Waals surface area contributed by atoms with Crippen LogP contribution in [0.5, 0.6) is 0 Å². The summed E-state index contributed by atoms with van der Waals surface area (Å²) in [6, 6.07) is 10.2. The van der Waals surface area contributed by atoms with Gasteiger partial charge in [0.25, 0.3) is 0 Å². The van der Waals surface area contributed by atoms with E-state index in [1.54, 1.807) is 12.4 Å². The van der Waals surface area contributed by atoms with Crippen molar-refractivity contribution in [2.24, 2.45) is 5.92 Å². The summed E-state index contributed by atoms with van der Waals surface area (Å²) in [7, 11) is 0. The molecule has 1 aliphatic rings.